The average Bonchev–Trinajstić information content (AvgIpc) is 2.92. The van der Waals surface area contributed by atoms with E-state index in [0.717, 1.165) is 21.4 Å². The molecular weight excluding hydrogens is 325 g/mol. The summed E-state index contributed by atoms with van der Waals surface area (Å²) in [6.07, 6.45) is 4.29. The molecule has 21 heavy (non-hydrogen) atoms. The number of pyridine rings is 1. The molecule has 3 nitrogen and oxygen atoms in total. The van der Waals surface area contributed by atoms with Gasteiger partial charge in [0.1, 0.15) is 5.82 Å². The zero-order chi connectivity index (χ0) is 14.7. The molecule has 0 aliphatic rings. The number of thiazole rings is 1. The highest BCUT2D eigenvalue weighted by Crippen LogP contribution is 2.30. The Morgan fingerprint density at radius 2 is 1.95 bits per heavy atom. The first-order valence-electron chi connectivity index (χ1n) is 6.28. The smallest absolute Gasteiger partial charge is 0.188 e. The van der Waals surface area contributed by atoms with E-state index < -0.39 is 0 Å². The van der Waals surface area contributed by atoms with Crippen LogP contribution in [0.25, 0.3) is 0 Å². The molecular formula is C15H11Cl2N3S. The summed E-state index contributed by atoms with van der Waals surface area (Å²) in [5, 5.41) is 5.16. The van der Waals surface area contributed by atoms with Crippen LogP contribution in [0, 0.1) is 0 Å². The highest BCUT2D eigenvalue weighted by atomic mass is 35.5. The van der Waals surface area contributed by atoms with Gasteiger partial charge in [-0.3, -0.25) is 0 Å². The largest absolute Gasteiger partial charge is 0.316 e. The van der Waals surface area contributed by atoms with Crippen LogP contribution in [-0.2, 0) is 6.42 Å². The summed E-state index contributed by atoms with van der Waals surface area (Å²) in [4.78, 5) is 9.67. The second-order valence-corrected chi connectivity index (χ2v) is 6.26. The van der Waals surface area contributed by atoms with Crippen LogP contribution >= 0.6 is 34.5 Å². The van der Waals surface area contributed by atoms with Gasteiger partial charge in [0.25, 0.3) is 0 Å². The van der Waals surface area contributed by atoms with Gasteiger partial charge < -0.3 is 5.32 Å². The van der Waals surface area contributed by atoms with Gasteiger partial charge in [-0.1, -0.05) is 41.4 Å². The minimum atomic E-state index is 0.575. The fourth-order valence-electron chi connectivity index (χ4n) is 1.87. The molecule has 1 N–H and O–H groups in total. The summed E-state index contributed by atoms with van der Waals surface area (Å²) >= 11 is 13.8. The summed E-state index contributed by atoms with van der Waals surface area (Å²) < 4.78 is 0. The van der Waals surface area contributed by atoms with Crippen LogP contribution in [0.2, 0.25) is 10.0 Å². The third-order valence-corrected chi connectivity index (χ3v) is 4.62. The van der Waals surface area contributed by atoms with Crippen molar-refractivity contribution in [3.05, 3.63) is 69.3 Å². The number of aromatic nitrogens is 2. The average molecular weight is 336 g/mol. The number of hydrogen-bond acceptors (Lipinski definition) is 4. The second-order valence-electron chi connectivity index (χ2n) is 4.36. The van der Waals surface area contributed by atoms with Crippen molar-refractivity contribution in [2.45, 2.75) is 6.42 Å². The van der Waals surface area contributed by atoms with Crippen LogP contribution in [0.3, 0.4) is 0 Å². The van der Waals surface area contributed by atoms with Crippen molar-refractivity contribution in [2.75, 3.05) is 5.32 Å². The Balaban J connectivity index is 1.75. The predicted octanol–water partition coefficient (Wildman–Crippen LogP) is 5.18. The molecule has 0 atom stereocenters. The van der Waals surface area contributed by atoms with Crippen molar-refractivity contribution in [3.63, 3.8) is 0 Å². The molecule has 0 aliphatic carbocycles. The molecule has 0 unspecified atom stereocenters. The second kappa shape index (κ2) is 6.43. The Bertz CT molecular complexity index is 744. The Hall–Kier alpha value is -1.62. The Labute approximate surface area is 136 Å². The van der Waals surface area contributed by atoms with Gasteiger partial charge in [-0.2, -0.15) is 0 Å². The Morgan fingerprint density at radius 3 is 2.76 bits per heavy atom. The SMILES string of the molecule is Clc1cccc(Cc2cnc(Nc3ccccn3)s2)c1Cl. The van der Waals surface area contributed by atoms with Crippen molar-refractivity contribution in [1.29, 1.82) is 0 Å². The maximum absolute atomic E-state index is 6.21. The monoisotopic (exact) mass is 335 g/mol. The van der Waals surface area contributed by atoms with E-state index in [0.29, 0.717) is 16.5 Å². The lowest BCUT2D eigenvalue weighted by atomic mass is 10.1. The molecule has 3 rings (SSSR count). The first-order valence-corrected chi connectivity index (χ1v) is 7.85. The third-order valence-electron chi connectivity index (χ3n) is 2.85. The maximum Gasteiger partial charge on any atom is 0.188 e. The van der Waals surface area contributed by atoms with Crippen molar-refractivity contribution in [1.82, 2.24) is 9.97 Å². The summed E-state index contributed by atoms with van der Waals surface area (Å²) in [6, 6.07) is 11.4. The fourth-order valence-corrected chi connectivity index (χ4v) is 3.10. The lowest BCUT2D eigenvalue weighted by Crippen LogP contribution is -1.90. The number of rotatable bonds is 4. The normalized spacial score (nSPS) is 10.6. The van der Waals surface area contributed by atoms with E-state index in [9.17, 15) is 0 Å². The molecule has 106 valence electrons. The Kier molecular flexibility index (Phi) is 4.39. The van der Waals surface area contributed by atoms with Gasteiger partial charge in [-0.05, 0) is 23.8 Å². The first kappa shape index (κ1) is 14.3. The van der Waals surface area contributed by atoms with Gasteiger partial charge >= 0.3 is 0 Å². The number of nitrogens with zero attached hydrogens (tertiary/aromatic N) is 2. The van der Waals surface area contributed by atoms with E-state index in [2.05, 4.69) is 15.3 Å². The van der Waals surface area contributed by atoms with Gasteiger partial charge in [0.2, 0.25) is 0 Å². The molecule has 2 aromatic heterocycles. The molecule has 0 aliphatic heterocycles. The summed E-state index contributed by atoms with van der Waals surface area (Å²) in [5.74, 6) is 0.777. The van der Waals surface area contributed by atoms with Crippen LogP contribution in [0.15, 0.2) is 48.8 Å². The van der Waals surface area contributed by atoms with Crippen LogP contribution in [-0.4, -0.2) is 9.97 Å². The summed E-state index contributed by atoms with van der Waals surface area (Å²) in [6.45, 7) is 0. The number of anilines is 2. The summed E-state index contributed by atoms with van der Waals surface area (Å²) in [5.41, 5.74) is 0.997. The maximum atomic E-state index is 6.21. The molecule has 0 radical (unpaired) electrons. The van der Waals surface area contributed by atoms with Crippen molar-refractivity contribution in [3.8, 4) is 0 Å². The molecule has 0 fully saturated rings. The minimum Gasteiger partial charge on any atom is -0.316 e. The van der Waals surface area contributed by atoms with Gasteiger partial charge in [0, 0.05) is 23.7 Å². The van der Waals surface area contributed by atoms with E-state index in [1.54, 1.807) is 23.6 Å². The molecule has 0 saturated carbocycles. The number of hydrogen-bond donors (Lipinski definition) is 1. The van der Waals surface area contributed by atoms with Crippen molar-refractivity contribution < 1.29 is 0 Å². The zero-order valence-corrected chi connectivity index (χ0v) is 13.2. The first-order chi connectivity index (χ1) is 10.2. The quantitative estimate of drug-likeness (QED) is 0.713. The van der Waals surface area contributed by atoms with Crippen LogP contribution in [0.1, 0.15) is 10.4 Å². The summed E-state index contributed by atoms with van der Waals surface area (Å²) in [7, 11) is 0. The molecule has 0 amide bonds. The lowest BCUT2D eigenvalue weighted by molar-refractivity contribution is 1.21. The Morgan fingerprint density at radius 1 is 1.05 bits per heavy atom. The van der Waals surface area contributed by atoms with E-state index in [-0.39, 0.29) is 0 Å². The molecule has 0 bridgehead atoms. The van der Waals surface area contributed by atoms with Gasteiger partial charge in [-0.25, -0.2) is 9.97 Å². The van der Waals surface area contributed by atoms with Crippen molar-refractivity contribution >= 4 is 45.5 Å². The molecule has 0 spiro atoms. The molecule has 6 heteroatoms. The predicted molar refractivity (Wildman–Crippen MR) is 88.9 cm³/mol. The van der Waals surface area contributed by atoms with E-state index >= 15 is 0 Å². The molecule has 3 aromatic rings. The zero-order valence-electron chi connectivity index (χ0n) is 10.9. The van der Waals surface area contributed by atoms with Gasteiger partial charge in [0.05, 0.1) is 10.0 Å². The molecule has 2 heterocycles. The third kappa shape index (κ3) is 3.53. The molecule has 0 saturated heterocycles. The highest BCUT2D eigenvalue weighted by Gasteiger charge is 2.08. The minimum absolute atomic E-state index is 0.575. The van der Waals surface area contributed by atoms with E-state index in [1.807, 2.05) is 36.5 Å². The topological polar surface area (TPSA) is 37.8 Å². The van der Waals surface area contributed by atoms with Gasteiger partial charge in [0.15, 0.2) is 5.13 Å². The van der Waals surface area contributed by atoms with Crippen molar-refractivity contribution in [2.24, 2.45) is 0 Å². The highest BCUT2D eigenvalue weighted by molar-refractivity contribution is 7.15. The van der Waals surface area contributed by atoms with E-state index in [4.69, 9.17) is 23.2 Å². The van der Waals surface area contributed by atoms with Crippen LogP contribution in [0.4, 0.5) is 10.9 Å². The van der Waals surface area contributed by atoms with Gasteiger partial charge in [-0.15, -0.1) is 11.3 Å². The van der Waals surface area contributed by atoms with Crippen LogP contribution < -0.4 is 5.32 Å². The number of benzene rings is 1. The van der Waals surface area contributed by atoms with Crippen LogP contribution in [0.5, 0.6) is 0 Å². The standard InChI is InChI=1S/C15H11Cl2N3S/c16-12-5-3-4-10(14(12)17)8-11-9-19-15(21-11)20-13-6-1-2-7-18-13/h1-7,9H,8H2,(H,18,19,20). The van der Waals surface area contributed by atoms with E-state index in [1.165, 1.54) is 0 Å². The number of halogens is 2. The fraction of sp³-hybridized carbons (Fsp3) is 0.0667. The lowest BCUT2D eigenvalue weighted by Gasteiger charge is -2.03. The number of nitrogens with one attached hydrogen (secondary N) is 1. The molecule has 1 aromatic carbocycles.